The largest absolute Gasteiger partial charge is 0.481 e. The van der Waals surface area contributed by atoms with Crippen LogP contribution in [0.15, 0.2) is 29.0 Å². The Labute approximate surface area is 216 Å². The molecule has 0 unspecified atom stereocenters. The molecular formula is C26H37N5O6. The quantitative estimate of drug-likeness (QED) is 0.475. The molecule has 0 spiro atoms. The van der Waals surface area contributed by atoms with E-state index < -0.39 is 23.5 Å². The van der Waals surface area contributed by atoms with Crippen molar-refractivity contribution < 1.29 is 29.0 Å². The maximum atomic E-state index is 14.0. The molecule has 1 fully saturated rings. The van der Waals surface area contributed by atoms with Crippen molar-refractivity contribution in [2.24, 2.45) is 11.3 Å². The van der Waals surface area contributed by atoms with Gasteiger partial charge >= 0.3 is 12.1 Å². The van der Waals surface area contributed by atoms with Crippen LogP contribution in [0.1, 0.15) is 69.9 Å². The summed E-state index contributed by atoms with van der Waals surface area (Å²) in [6, 6.07) is 2.94. The van der Waals surface area contributed by atoms with E-state index in [1.165, 1.54) is 13.1 Å². The number of piperidine rings is 1. The van der Waals surface area contributed by atoms with Gasteiger partial charge in [-0.1, -0.05) is 34.6 Å². The number of carbonyl (C=O) groups is 3. The summed E-state index contributed by atoms with van der Waals surface area (Å²) >= 11 is 0. The Balaban J connectivity index is 2.02. The molecule has 0 radical (unpaired) electrons. The standard InChI is InChI=1S/C26H37N5O6/c1-16(2)13-31(17-10-26(6,23(33)34)15-30(14-17)24(35)36)21(32)19-12-28-22(25(3,4)5)29-20(19)27-11-18-8-7-9-37-18/h7-9,12,16-17H,10-11,13-15H2,1-6H3,(H,33,34)(H,35,36)(H,27,28,29)/t17-,26+/m1/s1. The summed E-state index contributed by atoms with van der Waals surface area (Å²) in [6.45, 7) is 11.8. The first-order valence-electron chi connectivity index (χ1n) is 12.4. The van der Waals surface area contributed by atoms with E-state index >= 15 is 0 Å². The molecule has 1 saturated heterocycles. The number of carbonyl (C=O) groups excluding carboxylic acids is 1. The minimum Gasteiger partial charge on any atom is -0.481 e. The third kappa shape index (κ3) is 6.58. The number of hydrogen-bond acceptors (Lipinski definition) is 7. The summed E-state index contributed by atoms with van der Waals surface area (Å²) in [4.78, 5) is 49.8. The summed E-state index contributed by atoms with van der Waals surface area (Å²) in [5, 5.41) is 22.8. The van der Waals surface area contributed by atoms with Crippen LogP contribution in [-0.2, 0) is 16.8 Å². The highest BCUT2D eigenvalue weighted by molar-refractivity contribution is 5.98. The Morgan fingerprint density at radius 2 is 2.00 bits per heavy atom. The predicted molar refractivity (Wildman–Crippen MR) is 136 cm³/mol. The number of amides is 2. The van der Waals surface area contributed by atoms with Crippen LogP contribution >= 0.6 is 0 Å². The van der Waals surface area contributed by atoms with Crippen molar-refractivity contribution >= 4 is 23.8 Å². The molecule has 11 nitrogen and oxygen atoms in total. The van der Waals surface area contributed by atoms with Gasteiger partial charge in [-0.25, -0.2) is 14.8 Å². The number of aromatic nitrogens is 2. The molecular weight excluding hydrogens is 478 g/mol. The number of hydrogen-bond donors (Lipinski definition) is 3. The monoisotopic (exact) mass is 515 g/mol. The van der Waals surface area contributed by atoms with Crippen LogP contribution in [0.2, 0.25) is 0 Å². The minimum atomic E-state index is -1.33. The molecule has 1 aliphatic heterocycles. The second-order valence-corrected chi connectivity index (χ2v) is 11.4. The molecule has 3 rings (SSSR count). The van der Waals surface area contributed by atoms with Gasteiger partial charge in [0, 0.05) is 31.2 Å². The third-order valence-electron chi connectivity index (χ3n) is 6.41. The fourth-order valence-corrected chi connectivity index (χ4v) is 4.46. The molecule has 2 amide bonds. The number of rotatable bonds is 8. The van der Waals surface area contributed by atoms with E-state index in [4.69, 9.17) is 4.42 Å². The predicted octanol–water partition coefficient (Wildman–Crippen LogP) is 3.92. The Morgan fingerprint density at radius 3 is 2.54 bits per heavy atom. The average Bonchev–Trinajstić information content (AvgIpc) is 3.33. The highest BCUT2D eigenvalue weighted by atomic mass is 16.4. The summed E-state index contributed by atoms with van der Waals surface area (Å²) < 4.78 is 5.41. The van der Waals surface area contributed by atoms with E-state index in [2.05, 4.69) is 15.3 Å². The molecule has 1 aliphatic rings. The van der Waals surface area contributed by atoms with Crippen LogP contribution in [0.25, 0.3) is 0 Å². The summed E-state index contributed by atoms with van der Waals surface area (Å²) in [5.74, 6) is 0.112. The second-order valence-electron chi connectivity index (χ2n) is 11.4. The molecule has 37 heavy (non-hydrogen) atoms. The summed E-state index contributed by atoms with van der Waals surface area (Å²) in [7, 11) is 0. The van der Waals surface area contributed by atoms with Crippen LogP contribution < -0.4 is 5.32 Å². The zero-order valence-electron chi connectivity index (χ0n) is 22.3. The molecule has 0 bridgehead atoms. The number of aliphatic carboxylic acids is 1. The molecule has 3 N–H and O–H groups in total. The SMILES string of the molecule is CC(C)CN(C(=O)c1cnc(C(C)(C)C)nc1NCc1ccco1)[C@H]1CN(C(=O)O)C[C@@](C)(C(=O)O)C1. The topological polar surface area (TPSA) is 149 Å². The van der Waals surface area contributed by atoms with Crippen LogP contribution in [-0.4, -0.2) is 73.6 Å². The Bertz CT molecular complexity index is 1130. The number of nitrogens with zero attached hydrogens (tertiary/aromatic N) is 4. The summed E-state index contributed by atoms with van der Waals surface area (Å²) in [5.41, 5.74) is -1.47. The van der Waals surface area contributed by atoms with Crippen molar-refractivity contribution in [1.82, 2.24) is 19.8 Å². The van der Waals surface area contributed by atoms with Gasteiger partial charge in [0.25, 0.3) is 5.91 Å². The van der Waals surface area contributed by atoms with Gasteiger partial charge in [-0.15, -0.1) is 0 Å². The van der Waals surface area contributed by atoms with Gasteiger partial charge in [-0.05, 0) is 31.4 Å². The minimum absolute atomic E-state index is 0.0206. The van der Waals surface area contributed by atoms with Crippen LogP contribution in [0.5, 0.6) is 0 Å². The maximum Gasteiger partial charge on any atom is 0.407 e. The maximum absolute atomic E-state index is 14.0. The molecule has 2 atom stereocenters. The Morgan fingerprint density at radius 1 is 1.30 bits per heavy atom. The van der Waals surface area contributed by atoms with E-state index in [1.807, 2.05) is 34.6 Å². The van der Waals surface area contributed by atoms with Crippen molar-refractivity contribution in [3.05, 3.63) is 41.7 Å². The lowest BCUT2D eigenvalue weighted by molar-refractivity contribution is -0.152. The first-order chi connectivity index (χ1) is 17.2. The lowest BCUT2D eigenvalue weighted by atomic mass is 9.79. The number of carboxylic acid groups (broad SMARTS) is 2. The fourth-order valence-electron chi connectivity index (χ4n) is 4.46. The van der Waals surface area contributed by atoms with Crippen LogP contribution in [0.3, 0.4) is 0 Å². The number of likely N-dealkylation sites (tertiary alicyclic amines) is 1. The lowest BCUT2D eigenvalue weighted by Crippen LogP contribution is -2.59. The van der Waals surface area contributed by atoms with E-state index in [0.717, 1.165) is 4.90 Å². The van der Waals surface area contributed by atoms with E-state index in [9.17, 15) is 24.6 Å². The zero-order valence-corrected chi connectivity index (χ0v) is 22.3. The normalized spacial score (nSPS) is 20.1. The summed E-state index contributed by atoms with van der Waals surface area (Å²) in [6.07, 6.45) is 1.96. The van der Waals surface area contributed by atoms with E-state index in [1.54, 1.807) is 23.3 Å². The smallest absolute Gasteiger partial charge is 0.407 e. The lowest BCUT2D eigenvalue weighted by Gasteiger charge is -2.45. The number of furan rings is 1. The Kier molecular flexibility index (Phi) is 8.14. The van der Waals surface area contributed by atoms with Gasteiger partial charge in [-0.2, -0.15) is 0 Å². The van der Waals surface area contributed by atoms with Crippen molar-refractivity contribution in [3.63, 3.8) is 0 Å². The average molecular weight is 516 g/mol. The third-order valence-corrected chi connectivity index (χ3v) is 6.41. The first-order valence-corrected chi connectivity index (χ1v) is 12.4. The molecule has 3 heterocycles. The van der Waals surface area contributed by atoms with Gasteiger partial charge in [-0.3, -0.25) is 9.59 Å². The van der Waals surface area contributed by atoms with Gasteiger partial charge in [0.2, 0.25) is 0 Å². The van der Waals surface area contributed by atoms with Crippen LogP contribution in [0, 0.1) is 11.3 Å². The fraction of sp³-hybridized carbons (Fsp3) is 0.577. The zero-order chi connectivity index (χ0) is 27.5. The van der Waals surface area contributed by atoms with Gasteiger partial charge in [0.1, 0.15) is 23.0 Å². The van der Waals surface area contributed by atoms with Crippen molar-refractivity contribution in [2.45, 2.75) is 66.0 Å². The van der Waals surface area contributed by atoms with Gasteiger partial charge in [0.15, 0.2) is 0 Å². The van der Waals surface area contributed by atoms with Crippen molar-refractivity contribution in [2.75, 3.05) is 25.0 Å². The van der Waals surface area contributed by atoms with Crippen molar-refractivity contribution in [3.8, 4) is 0 Å². The number of nitrogens with one attached hydrogen (secondary N) is 1. The van der Waals surface area contributed by atoms with E-state index in [-0.39, 0.29) is 42.3 Å². The Hall–Kier alpha value is -3.63. The van der Waals surface area contributed by atoms with Crippen LogP contribution in [0.4, 0.5) is 10.6 Å². The van der Waals surface area contributed by atoms with Gasteiger partial charge in [0.05, 0.1) is 24.3 Å². The molecule has 11 heteroatoms. The van der Waals surface area contributed by atoms with E-state index in [0.29, 0.717) is 30.5 Å². The molecule has 0 aliphatic carbocycles. The van der Waals surface area contributed by atoms with Gasteiger partial charge < -0.3 is 29.7 Å². The highest BCUT2D eigenvalue weighted by Crippen LogP contribution is 2.34. The number of anilines is 1. The molecule has 0 aromatic carbocycles. The second kappa shape index (κ2) is 10.8. The molecule has 2 aromatic heterocycles. The highest BCUT2D eigenvalue weighted by Gasteiger charge is 2.46. The molecule has 202 valence electrons. The number of carboxylic acids is 1. The first kappa shape index (κ1) is 27.9. The molecule has 0 saturated carbocycles. The molecule has 2 aromatic rings. The van der Waals surface area contributed by atoms with Crippen molar-refractivity contribution in [1.29, 1.82) is 0 Å².